The SMILES string of the molecule is Brc1[c-]cccc1.CO[C-]=O.[Y]. The summed E-state index contributed by atoms with van der Waals surface area (Å²) in [4.78, 5) is 8.83. The number of hydrogen-bond donors (Lipinski definition) is 0. The molecule has 0 bridgehead atoms. The number of benzene rings is 1. The molecule has 12 heavy (non-hydrogen) atoms. The number of carbonyl (C=O) groups excluding carboxylic acids is 1. The summed E-state index contributed by atoms with van der Waals surface area (Å²) in [5, 5.41) is 0. The van der Waals surface area contributed by atoms with Gasteiger partial charge < -0.3 is 9.53 Å². The van der Waals surface area contributed by atoms with Crippen LogP contribution in [-0.4, -0.2) is 13.6 Å². The van der Waals surface area contributed by atoms with E-state index in [1.807, 2.05) is 24.3 Å². The number of rotatable bonds is 1. The monoisotopic (exact) mass is 303 g/mol. The zero-order valence-corrected chi connectivity index (χ0v) is 11.0. The van der Waals surface area contributed by atoms with E-state index in [-0.39, 0.29) is 32.7 Å². The molecule has 0 unspecified atom stereocenters. The molecule has 0 saturated carbocycles. The maximum atomic E-state index is 8.83. The van der Waals surface area contributed by atoms with Crippen molar-refractivity contribution in [2.24, 2.45) is 0 Å². The van der Waals surface area contributed by atoms with Gasteiger partial charge in [-0.2, -0.15) is 30.3 Å². The van der Waals surface area contributed by atoms with Crippen LogP contribution in [0.2, 0.25) is 0 Å². The minimum Gasteiger partial charge on any atom is -0.655 e. The first-order chi connectivity index (χ1) is 5.31. The summed E-state index contributed by atoms with van der Waals surface area (Å²) in [5.41, 5.74) is 0. The fourth-order valence-corrected chi connectivity index (χ4v) is 0.656. The molecule has 0 spiro atoms. The normalized spacial score (nSPS) is 6.83. The van der Waals surface area contributed by atoms with Crippen LogP contribution in [0.15, 0.2) is 28.7 Å². The predicted octanol–water partition coefficient (Wildman–Crippen LogP) is 1.95. The molecule has 0 fully saturated rings. The molecule has 0 saturated heterocycles. The standard InChI is InChI=1S/C6H4Br.C2H3O2.Y/c7-6-4-2-1-3-5-6;1-4-2-3;/h1-4H;1H3;/q2*-1;. The Kier molecular flexibility index (Phi) is 13.9. The van der Waals surface area contributed by atoms with Gasteiger partial charge in [0.1, 0.15) is 0 Å². The van der Waals surface area contributed by atoms with Crippen LogP contribution in [0.3, 0.4) is 0 Å². The first-order valence-corrected chi connectivity index (χ1v) is 3.63. The van der Waals surface area contributed by atoms with Gasteiger partial charge in [-0.3, -0.25) is 0 Å². The van der Waals surface area contributed by atoms with Crippen LogP contribution < -0.4 is 0 Å². The largest absolute Gasteiger partial charge is 0.655 e. The zero-order valence-electron chi connectivity index (χ0n) is 6.58. The van der Waals surface area contributed by atoms with E-state index >= 15 is 0 Å². The molecule has 2 nitrogen and oxygen atoms in total. The Bertz CT molecular complexity index is 192. The molecule has 0 N–H and O–H groups in total. The minimum absolute atomic E-state index is 0. The van der Waals surface area contributed by atoms with E-state index in [0.717, 1.165) is 4.47 Å². The molecule has 4 heteroatoms. The summed E-state index contributed by atoms with van der Waals surface area (Å²) < 4.78 is 4.75. The Hall–Kier alpha value is 0.274. The van der Waals surface area contributed by atoms with Gasteiger partial charge in [-0.1, -0.05) is 26.9 Å². The minimum atomic E-state index is 0. The van der Waals surface area contributed by atoms with Crippen molar-refractivity contribution >= 4 is 22.4 Å². The van der Waals surface area contributed by atoms with Gasteiger partial charge in [-0.05, 0) is 0 Å². The smallest absolute Gasteiger partial charge is 0.0362 e. The summed E-state index contributed by atoms with van der Waals surface area (Å²) in [6.45, 7) is 1.18. The zero-order chi connectivity index (χ0) is 8.53. The van der Waals surface area contributed by atoms with E-state index in [0.29, 0.717) is 0 Å². The molecule has 0 aliphatic rings. The van der Waals surface area contributed by atoms with Crippen molar-refractivity contribution in [1.82, 2.24) is 0 Å². The van der Waals surface area contributed by atoms with E-state index in [4.69, 9.17) is 4.79 Å². The van der Waals surface area contributed by atoms with Crippen molar-refractivity contribution in [3.63, 3.8) is 0 Å². The number of methoxy groups -OCH3 is 1. The fraction of sp³-hybridized carbons (Fsp3) is 0.125. The van der Waals surface area contributed by atoms with Gasteiger partial charge in [0.25, 0.3) is 0 Å². The molecular weight excluding hydrogens is 297 g/mol. The van der Waals surface area contributed by atoms with Crippen LogP contribution in [0.5, 0.6) is 0 Å². The number of halogens is 1. The van der Waals surface area contributed by atoms with Gasteiger partial charge in [0.05, 0.1) is 0 Å². The molecule has 0 atom stereocenters. The molecule has 0 aromatic heterocycles. The van der Waals surface area contributed by atoms with Crippen molar-refractivity contribution in [2.75, 3.05) is 7.11 Å². The maximum absolute atomic E-state index is 8.83. The average Bonchev–Trinajstić information content (AvgIpc) is 2.07. The van der Waals surface area contributed by atoms with Gasteiger partial charge in [0.2, 0.25) is 0 Å². The first kappa shape index (κ1) is 14.8. The Morgan fingerprint density at radius 1 is 1.58 bits per heavy atom. The molecule has 0 amide bonds. The Morgan fingerprint density at radius 3 is 2.33 bits per heavy atom. The molecule has 0 aliphatic carbocycles. The van der Waals surface area contributed by atoms with Crippen LogP contribution >= 0.6 is 15.9 Å². The Balaban J connectivity index is 0. The summed E-state index contributed by atoms with van der Waals surface area (Å²) in [6, 6.07) is 10.7. The second kappa shape index (κ2) is 11.3. The summed E-state index contributed by atoms with van der Waals surface area (Å²) in [5.74, 6) is 0. The topological polar surface area (TPSA) is 26.3 Å². The summed E-state index contributed by atoms with van der Waals surface area (Å²) in [6.07, 6.45) is 0. The summed E-state index contributed by atoms with van der Waals surface area (Å²) in [7, 11) is 1.26. The Morgan fingerprint density at radius 2 is 2.17 bits per heavy atom. The van der Waals surface area contributed by atoms with Gasteiger partial charge in [-0.25, -0.2) is 0 Å². The maximum Gasteiger partial charge on any atom is 0.0362 e. The quantitative estimate of drug-likeness (QED) is 0.741. The van der Waals surface area contributed by atoms with Gasteiger partial charge >= 0.3 is 0 Å². The third kappa shape index (κ3) is 10.3. The van der Waals surface area contributed by atoms with Crippen LogP contribution in [-0.2, 0) is 42.2 Å². The summed E-state index contributed by atoms with van der Waals surface area (Å²) >= 11 is 3.26. The molecule has 1 aromatic rings. The second-order valence-corrected chi connectivity index (χ2v) is 2.35. The van der Waals surface area contributed by atoms with Crippen molar-refractivity contribution in [3.8, 4) is 0 Å². The number of ether oxygens (including phenoxy) is 1. The molecule has 1 aromatic carbocycles. The Labute approximate surface area is 106 Å². The van der Waals surface area contributed by atoms with E-state index in [2.05, 4.69) is 26.7 Å². The van der Waals surface area contributed by atoms with Crippen LogP contribution in [0.1, 0.15) is 0 Å². The van der Waals surface area contributed by atoms with E-state index in [1.54, 1.807) is 0 Å². The fourth-order valence-electron chi connectivity index (χ4n) is 0.371. The van der Waals surface area contributed by atoms with Crippen molar-refractivity contribution in [2.45, 2.75) is 0 Å². The van der Waals surface area contributed by atoms with Crippen molar-refractivity contribution in [3.05, 3.63) is 34.8 Å². The molecule has 1 radical (unpaired) electrons. The van der Waals surface area contributed by atoms with E-state index in [9.17, 15) is 0 Å². The third-order valence-electron chi connectivity index (χ3n) is 0.754. The van der Waals surface area contributed by atoms with Crippen LogP contribution in [0.4, 0.5) is 0 Å². The van der Waals surface area contributed by atoms with Gasteiger partial charge in [-0.15, -0.1) is 0 Å². The number of hydrogen-bond acceptors (Lipinski definition) is 2. The van der Waals surface area contributed by atoms with Crippen molar-refractivity contribution in [1.29, 1.82) is 0 Å². The van der Waals surface area contributed by atoms with E-state index < -0.39 is 0 Å². The van der Waals surface area contributed by atoms with Gasteiger partial charge in [0, 0.05) is 39.8 Å². The molecular formula is C8H7BrO2Y-2. The molecule has 63 valence electrons. The first-order valence-electron chi connectivity index (χ1n) is 2.83. The van der Waals surface area contributed by atoms with Crippen LogP contribution in [0.25, 0.3) is 0 Å². The predicted molar refractivity (Wildman–Crippen MR) is 45.7 cm³/mol. The third-order valence-corrected chi connectivity index (χ3v) is 1.25. The van der Waals surface area contributed by atoms with Crippen LogP contribution in [0, 0.1) is 6.07 Å². The molecule has 0 heterocycles. The van der Waals surface area contributed by atoms with Crippen molar-refractivity contribution < 1.29 is 42.2 Å². The second-order valence-electron chi connectivity index (χ2n) is 1.50. The molecule has 0 aliphatic heterocycles. The molecule has 1 rings (SSSR count). The van der Waals surface area contributed by atoms with Gasteiger partial charge in [0.15, 0.2) is 0 Å². The average molecular weight is 304 g/mol. The van der Waals surface area contributed by atoms with E-state index in [1.165, 1.54) is 13.6 Å².